The standard InChI is InChI=1S/C16H12Cl2N2O4S/c1-16(25,15(21)22-9-7-19)24-11-4-2-10(3-5-11)23-14-13(18)12(17)6-8-20-14/h2-6,8,25H,9H2,1H3. The number of hydrogen-bond donors (Lipinski definition) is 1. The molecule has 0 bridgehead atoms. The first-order chi connectivity index (χ1) is 11.8. The van der Waals surface area contributed by atoms with Crippen LogP contribution in [0.2, 0.25) is 10.0 Å². The maximum Gasteiger partial charge on any atom is 0.361 e. The number of esters is 1. The van der Waals surface area contributed by atoms with Crippen LogP contribution >= 0.6 is 35.8 Å². The molecule has 1 heterocycles. The first-order valence-corrected chi connectivity index (χ1v) is 8.07. The van der Waals surface area contributed by atoms with Crippen LogP contribution in [0.5, 0.6) is 17.4 Å². The Labute approximate surface area is 159 Å². The molecule has 9 heteroatoms. The van der Waals surface area contributed by atoms with Crippen molar-refractivity contribution in [3.63, 3.8) is 0 Å². The molecular formula is C16H12Cl2N2O4S. The van der Waals surface area contributed by atoms with Gasteiger partial charge in [0.2, 0.25) is 10.8 Å². The van der Waals surface area contributed by atoms with E-state index < -0.39 is 10.9 Å². The number of rotatable bonds is 6. The maximum absolute atomic E-state index is 11.8. The Bertz CT molecular complexity index is 807. The first kappa shape index (κ1) is 19.2. The molecule has 25 heavy (non-hydrogen) atoms. The molecule has 0 saturated heterocycles. The van der Waals surface area contributed by atoms with Crippen molar-refractivity contribution in [1.29, 1.82) is 5.26 Å². The minimum Gasteiger partial charge on any atom is -0.466 e. The van der Waals surface area contributed by atoms with E-state index in [0.29, 0.717) is 16.5 Å². The van der Waals surface area contributed by atoms with Crippen LogP contribution in [-0.4, -0.2) is 22.5 Å². The second-order valence-electron chi connectivity index (χ2n) is 4.80. The molecule has 1 aromatic heterocycles. The van der Waals surface area contributed by atoms with Gasteiger partial charge in [0.25, 0.3) is 0 Å². The van der Waals surface area contributed by atoms with E-state index in [1.807, 2.05) is 0 Å². The summed E-state index contributed by atoms with van der Waals surface area (Å²) in [6.07, 6.45) is 1.47. The number of nitrogens with zero attached hydrogens (tertiary/aromatic N) is 2. The van der Waals surface area contributed by atoms with Gasteiger partial charge in [-0.05, 0) is 37.3 Å². The lowest BCUT2D eigenvalue weighted by Gasteiger charge is -2.22. The van der Waals surface area contributed by atoms with Crippen LogP contribution in [-0.2, 0) is 9.53 Å². The van der Waals surface area contributed by atoms with Gasteiger partial charge in [-0.15, -0.1) is 12.6 Å². The van der Waals surface area contributed by atoms with Crippen molar-refractivity contribution < 1.29 is 19.0 Å². The van der Waals surface area contributed by atoms with E-state index in [2.05, 4.69) is 17.6 Å². The highest BCUT2D eigenvalue weighted by atomic mass is 35.5. The molecule has 0 saturated carbocycles. The van der Waals surface area contributed by atoms with E-state index in [1.165, 1.54) is 13.1 Å². The molecule has 2 rings (SSSR count). The van der Waals surface area contributed by atoms with Gasteiger partial charge in [0, 0.05) is 6.20 Å². The van der Waals surface area contributed by atoms with E-state index in [0.717, 1.165) is 0 Å². The fourth-order valence-electron chi connectivity index (χ4n) is 1.66. The van der Waals surface area contributed by atoms with Crippen molar-refractivity contribution in [1.82, 2.24) is 4.98 Å². The van der Waals surface area contributed by atoms with Gasteiger partial charge >= 0.3 is 5.97 Å². The van der Waals surface area contributed by atoms with Crippen LogP contribution in [0.3, 0.4) is 0 Å². The van der Waals surface area contributed by atoms with E-state index >= 15 is 0 Å². The van der Waals surface area contributed by atoms with Crippen molar-refractivity contribution in [2.45, 2.75) is 11.9 Å². The zero-order valence-corrected chi connectivity index (χ0v) is 15.3. The molecule has 1 aromatic carbocycles. The Kier molecular flexibility index (Phi) is 6.37. The monoisotopic (exact) mass is 398 g/mol. The second kappa shape index (κ2) is 8.30. The lowest BCUT2D eigenvalue weighted by Crippen LogP contribution is -2.37. The van der Waals surface area contributed by atoms with Crippen LogP contribution in [0.1, 0.15) is 6.92 Å². The highest BCUT2D eigenvalue weighted by Crippen LogP contribution is 2.33. The average molecular weight is 399 g/mol. The quantitative estimate of drug-likeness (QED) is 0.444. The lowest BCUT2D eigenvalue weighted by atomic mass is 10.3. The highest BCUT2D eigenvalue weighted by Gasteiger charge is 2.33. The maximum atomic E-state index is 11.8. The van der Waals surface area contributed by atoms with Gasteiger partial charge in [-0.25, -0.2) is 9.78 Å². The summed E-state index contributed by atoms with van der Waals surface area (Å²) in [7, 11) is 0. The van der Waals surface area contributed by atoms with Crippen LogP contribution in [0.15, 0.2) is 36.5 Å². The molecule has 1 atom stereocenters. The SMILES string of the molecule is CC(S)(Oc1ccc(Oc2nccc(Cl)c2Cl)cc1)C(=O)OCC#N. The molecule has 0 N–H and O–H groups in total. The molecule has 0 amide bonds. The van der Waals surface area contributed by atoms with Gasteiger partial charge < -0.3 is 14.2 Å². The third-order valence-electron chi connectivity index (χ3n) is 2.81. The first-order valence-electron chi connectivity index (χ1n) is 6.87. The molecule has 0 spiro atoms. The molecule has 0 aliphatic carbocycles. The van der Waals surface area contributed by atoms with Gasteiger partial charge in [-0.1, -0.05) is 23.2 Å². The Morgan fingerprint density at radius 1 is 1.28 bits per heavy atom. The predicted molar refractivity (Wildman–Crippen MR) is 95.4 cm³/mol. The summed E-state index contributed by atoms with van der Waals surface area (Å²) in [6.45, 7) is 1.04. The molecule has 0 fully saturated rings. The Balaban J connectivity index is 2.06. The largest absolute Gasteiger partial charge is 0.466 e. The number of nitriles is 1. The minimum atomic E-state index is -1.54. The molecule has 0 aliphatic heterocycles. The normalized spacial score (nSPS) is 12.6. The molecule has 6 nitrogen and oxygen atoms in total. The van der Waals surface area contributed by atoms with Crippen LogP contribution < -0.4 is 9.47 Å². The number of ether oxygens (including phenoxy) is 3. The second-order valence-corrected chi connectivity index (χ2v) is 6.44. The number of pyridine rings is 1. The zero-order valence-electron chi connectivity index (χ0n) is 12.9. The van der Waals surface area contributed by atoms with Crippen molar-refractivity contribution in [3.05, 3.63) is 46.6 Å². The number of carbonyl (C=O) groups is 1. The molecule has 1 unspecified atom stereocenters. The third-order valence-corrected chi connectivity index (χ3v) is 3.86. The highest BCUT2D eigenvalue weighted by molar-refractivity contribution is 7.82. The Morgan fingerprint density at radius 2 is 1.92 bits per heavy atom. The summed E-state index contributed by atoms with van der Waals surface area (Å²) >= 11 is 16.0. The Morgan fingerprint density at radius 3 is 2.56 bits per heavy atom. The van der Waals surface area contributed by atoms with Crippen LogP contribution in [0.4, 0.5) is 0 Å². The number of hydrogen-bond acceptors (Lipinski definition) is 7. The van der Waals surface area contributed by atoms with Gasteiger partial charge in [0.1, 0.15) is 22.6 Å². The topological polar surface area (TPSA) is 81.4 Å². The summed E-state index contributed by atoms with van der Waals surface area (Å²) in [6, 6.07) is 9.58. The summed E-state index contributed by atoms with van der Waals surface area (Å²) in [5.74, 6) is 0.190. The smallest absolute Gasteiger partial charge is 0.361 e. The fourth-order valence-corrected chi connectivity index (χ4v) is 2.12. The van der Waals surface area contributed by atoms with Crippen LogP contribution in [0.25, 0.3) is 0 Å². The molecule has 0 radical (unpaired) electrons. The summed E-state index contributed by atoms with van der Waals surface area (Å²) in [5.41, 5.74) is 0. The van der Waals surface area contributed by atoms with Gasteiger partial charge in [0.05, 0.1) is 5.02 Å². The van der Waals surface area contributed by atoms with Crippen molar-refractivity contribution >= 4 is 41.8 Å². The van der Waals surface area contributed by atoms with E-state index in [1.54, 1.807) is 36.4 Å². The summed E-state index contributed by atoms with van der Waals surface area (Å²) < 4.78 is 15.7. The number of carbonyl (C=O) groups excluding carboxylic acids is 1. The van der Waals surface area contributed by atoms with Gasteiger partial charge in [-0.3, -0.25) is 0 Å². The molecular weight excluding hydrogens is 387 g/mol. The predicted octanol–water partition coefficient (Wildman–Crippen LogP) is 4.27. The van der Waals surface area contributed by atoms with Gasteiger partial charge in [-0.2, -0.15) is 5.26 Å². The van der Waals surface area contributed by atoms with E-state index in [9.17, 15) is 4.79 Å². The zero-order chi connectivity index (χ0) is 18.4. The third kappa shape index (κ3) is 5.16. The van der Waals surface area contributed by atoms with E-state index in [-0.39, 0.29) is 17.5 Å². The van der Waals surface area contributed by atoms with Gasteiger partial charge in [0.15, 0.2) is 6.61 Å². The molecule has 0 aliphatic rings. The van der Waals surface area contributed by atoms with Crippen molar-refractivity contribution in [2.24, 2.45) is 0 Å². The Hall–Kier alpha value is -2.14. The number of benzene rings is 1. The number of halogens is 2. The lowest BCUT2D eigenvalue weighted by molar-refractivity contribution is -0.151. The molecule has 130 valence electrons. The average Bonchev–Trinajstić information content (AvgIpc) is 2.58. The number of thiol groups is 1. The van der Waals surface area contributed by atoms with Crippen molar-refractivity contribution in [2.75, 3.05) is 6.61 Å². The summed E-state index contributed by atoms with van der Waals surface area (Å²) in [5, 5.41) is 8.96. The van der Waals surface area contributed by atoms with E-state index in [4.69, 9.17) is 42.7 Å². The number of aromatic nitrogens is 1. The summed E-state index contributed by atoms with van der Waals surface area (Å²) in [4.78, 5) is 14.2. The molecule has 2 aromatic rings. The minimum absolute atomic E-state index is 0.168. The van der Waals surface area contributed by atoms with Crippen LogP contribution in [0, 0.1) is 11.3 Å². The van der Waals surface area contributed by atoms with Crippen molar-refractivity contribution in [3.8, 4) is 23.4 Å². The fraction of sp³-hybridized carbons (Fsp3) is 0.188.